The van der Waals surface area contributed by atoms with Gasteiger partial charge in [-0.1, -0.05) is 6.07 Å². The molecule has 10 heteroatoms. The molecule has 0 aliphatic carbocycles. The van der Waals surface area contributed by atoms with Crippen molar-refractivity contribution in [3.63, 3.8) is 0 Å². The van der Waals surface area contributed by atoms with E-state index in [-0.39, 0.29) is 23.7 Å². The maximum absolute atomic E-state index is 12.1. The molecule has 0 spiro atoms. The van der Waals surface area contributed by atoms with Crippen molar-refractivity contribution in [1.29, 1.82) is 0 Å². The fourth-order valence-electron chi connectivity index (χ4n) is 1.92. The summed E-state index contributed by atoms with van der Waals surface area (Å²) < 4.78 is 57.7. The molecule has 0 aliphatic heterocycles. The predicted molar refractivity (Wildman–Crippen MR) is 93.0 cm³/mol. The second kappa shape index (κ2) is 8.39. The summed E-state index contributed by atoms with van der Waals surface area (Å²) in [5.41, 5.74) is 0.713. The van der Waals surface area contributed by atoms with Crippen molar-refractivity contribution in [2.24, 2.45) is 0 Å². The average Bonchev–Trinajstić information content (AvgIpc) is 2.61. The molecule has 0 atom stereocenters. The van der Waals surface area contributed by atoms with Gasteiger partial charge in [0.05, 0.1) is 17.8 Å². The largest absolute Gasteiger partial charge is 0.497 e. The Labute approximate surface area is 147 Å². The van der Waals surface area contributed by atoms with Gasteiger partial charge in [-0.2, -0.15) is 0 Å². The highest BCUT2D eigenvalue weighted by Crippen LogP contribution is 2.15. The molecule has 1 aromatic heterocycles. The molecule has 136 valence electrons. The molecule has 0 saturated heterocycles. The first-order chi connectivity index (χ1) is 11.8. The van der Waals surface area contributed by atoms with Crippen LogP contribution in [0.25, 0.3) is 0 Å². The third-order valence-corrected chi connectivity index (χ3v) is 6.05. The Morgan fingerprint density at radius 2 is 1.76 bits per heavy atom. The van der Waals surface area contributed by atoms with Crippen LogP contribution in [0, 0.1) is 0 Å². The molecule has 0 amide bonds. The maximum atomic E-state index is 12.1. The van der Waals surface area contributed by atoms with Crippen LogP contribution in [-0.2, 0) is 26.6 Å². The Morgan fingerprint density at radius 3 is 2.36 bits per heavy atom. The first kappa shape index (κ1) is 19.3. The SMILES string of the molecule is COc1ccc(S(=O)(=O)NCCS(=O)(=O)NCc2cccnc2)cc1. The molecule has 2 rings (SSSR count). The van der Waals surface area contributed by atoms with E-state index in [9.17, 15) is 16.8 Å². The average molecular weight is 385 g/mol. The van der Waals surface area contributed by atoms with Crippen LogP contribution < -0.4 is 14.2 Å². The molecule has 0 unspecified atom stereocenters. The van der Waals surface area contributed by atoms with Gasteiger partial charge in [0.2, 0.25) is 20.0 Å². The zero-order chi connectivity index (χ0) is 18.3. The van der Waals surface area contributed by atoms with Gasteiger partial charge < -0.3 is 4.74 Å². The van der Waals surface area contributed by atoms with Crippen LogP contribution in [0.5, 0.6) is 5.75 Å². The van der Waals surface area contributed by atoms with Gasteiger partial charge in [0.15, 0.2) is 0 Å². The fourth-order valence-corrected chi connectivity index (χ4v) is 3.98. The number of aromatic nitrogens is 1. The van der Waals surface area contributed by atoms with Crippen LogP contribution in [0.15, 0.2) is 53.7 Å². The van der Waals surface area contributed by atoms with Crippen molar-refractivity contribution < 1.29 is 21.6 Å². The number of benzene rings is 1. The van der Waals surface area contributed by atoms with Gasteiger partial charge in [0.1, 0.15) is 5.75 Å². The zero-order valence-electron chi connectivity index (χ0n) is 13.5. The molecule has 8 nitrogen and oxygen atoms in total. The van der Waals surface area contributed by atoms with E-state index in [4.69, 9.17) is 4.74 Å². The molecular weight excluding hydrogens is 366 g/mol. The number of hydrogen-bond acceptors (Lipinski definition) is 6. The zero-order valence-corrected chi connectivity index (χ0v) is 15.2. The Kier molecular flexibility index (Phi) is 6.48. The number of rotatable bonds is 9. The van der Waals surface area contributed by atoms with Gasteiger partial charge in [-0.3, -0.25) is 4.98 Å². The van der Waals surface area contributed by atoms with Crippen molar-refractivity contribution in [1.82, 2.24) is 14.4 Å². The van der Waals surface area contributed by atoms with Gasteiger partial charge in [0, 0.05) is 25.5 Å². The molecule has 1 heterocycles. The van der Waals surface area contributed by atoms with Crippen LogP contribution in [0.1, 0.15) is 5.56 Å². The van der Waals surface area contributed by atoms with Crippen molar-refractivity contribution in [2.45, 2.75) is 11.4 Å². The Bertz CT molecular complexity index is 883. The molecule has 0 bridgehead atoms. The molecular formula is C15H19N3O5S2. The lowest BCUT2D eigenvalue weighted by Gasteiger charge is -2.09. The van der Waals surface area contributed by atoms with Crippen molar-refractivity contribution >= 4 is 20.0 Å². The highest BCUT2D eigenvalue weighted by atomic mass is 32.2. The third-order valence-electron chi connectivity index (χ3n) is 3.25. The third kappa shape index (κ3) is 6.09. The normalized spacial score (nSPS) is 12.0. The number of methoxy groups -OCH3 is 1. The van der Waals surface area contributed by atoms with E-state index < -0.39 is 20.0 Å². The van der Waals surface area contributed by atoms with E-state index in [0.29, 0.717) is 11.3 Å². The number of hydrogen-bond donors (Lipinski definition) is 2. The second-order valence-corrected chi connectivity index (χ2v) is 8.77. The van der Waals surface area contributed by atoms with E-state index in [0.717, 1.165) is 0 Å². The van der Waals surface area contributed by atoms with Crippen LogP contribution in [0.2, 0.25) is 0 Å². The molecule has 0 saturated carbocycles. The number of sulfonamides is 2. The Balaban J connectivity index is 1.87. The van der Waals surface area contributed by atoms with Crippen LogP contribution in [-0.4, -0.2) is 41.2 Å². The summed E-state index contributed by atoms with van der Waals surface area (Å²) in [5, 5.41) is 0. The monoisotopic (exact) mass is 385 g/mol. The van der Waals surface area contributed by atoms with Gasteiger partial charge in [-0.05, 0) is 35.9 Å². The number of nitrogens with one attached hydrogen (secondary N) is 2. The molecule has 0 aliphatic rings. The number of nitrogens with zero attached hydrogens (tertiary/aromatic N) is 1. The minimum absolute atomic E-state index is 0.0361. The van der Waals surface area contributed by atoms with E-state index in [1.165, 1.54) is 31.4 Å². The lowest BCUT2D eigenvalue weighted by Crippen LogP contribution is -2.34. The van der Waals surface area contributed by atoms with Gasteiger partial charge in [-0.15, -0.1) is 0 Å². The Hall–Kier alpha value is -2.01. The summed E-state index contributed by atoms with van der Waals surface area (Å²) in [6, 6.07) is 9.24. The number of pyridine rings is 1. The molecule has 0 fully saturated rings. The number of ether oxygens (including phenoxy) is 1. The standard InChI is InChI=1S/C15H19N3O5S2/c1-23-14-4-6-15(7-5-14)25(21,22)17-9-10-24(19,20)18-12-13-3-2-8-16-11-13/h2-8,11,17-18H,9-10,12H2,1H3. The van der Waals surface area contributed by atoms with Crippen LogP contribution in [0.4, 0.5) is 0 Å². The maximum Gasteiger partial charge on any atom is 0.240 e. The van der Waals surface area contributed by atoms with Gasteiger partial charge in [-0.25, -0.2) is 26.3 Å². The van der Waals surface area contributed by atoms with E-state index in [1.54, 1.807) is 24.5 Å². The Morgan fingerprint density at radius 1 is 1.04 bits per heavy atom. The molecule has 2 aromatic rings. The first-order valence-corrected chi connectivity index (χ1v) is 10.5. The molecule has 0 radical (unpaired) electrons. The van der Waals surface area contributed by atoms with Crippen molar-refractivity contribution in [2.75, 3.05) is 19.4 Å². The summed E-state index contributed by atoms with van der Waals surface area (Å²) in [5.74, 6) is 0.156. The van der Waals surface area contributed by atoms with Crippen LogP contribution >= 0.6 is 0 Å². The smallest absolute Gasteiger partial charge is 0.240 e. The molecule has 25 heavy (non-hydrogen) atoms. The first-order valence-electron chi connectivity index (χ1n) is 7.32. The quantitative estimate of drug-likeness (QED) is 0.649. The summed E-state index contributed by atoms with van der Waals surface area (Å²) in [6.07, 6.45) is 3.14. The van der Waals surface area contributed by atoms with Gasteiger partial charge in [0.25, 0.3) is 0 Å². The lowest BCUT2D eigenvalue weighted by molar-refractivity contribution is 0.414. The summed E-state index contributed by atoms with van der Waals surface area (Å²) in [4.78, 5) is 3.93. The molecule has 2 N–H and O–H groups in total. The van der Waals surface area contributed by atoms with Crippen molar-refractivity contribution in [3.05, 3.63) is 54.4 Å². The fraction of sp³-hybridized carbons (Fsp3) is 0.267. The molecule has 1 aromatic carbocycles. The minimum atomic E-state index is -3.78. The summed E-state index contributed by atoms with van der Waals surface area (Å²) >= 11 is 0. The minimum Gasteiger partial charge on any atom is -0.497 e. The van der Waals surface area contributed by atoms with Crippen molar-refractivity contribution in [3.8, 4) is 5.75 Å². The topological polar surface area (TPSA) is 114 Å². The van der Waals surface area contributed by atoms with Crippen LogP contribution in [0.3, 0.4) is 0 Å². The summed E-state index contributed by atoms with van der Waals surface area (Å²) in [7, 11) is -5.93. The second-order valence-electron chi connectivity index (χ2n) is 5.07. The van der Waals surface area contributed by atoms with E-state index >= 15 is 0 Å². The highest BCUT2D eigenvalue weighted by molar-refractivity contribution is 7.90. The van der Waals surface area contributed by atoms with E-state index in [2.05, 4.69) is 14.4 Å². The van der Waals surface area contributed by atoms with E-state index in [1.807, 2.05) is 0 Å². The summed E-state index contributed by atoms with van der Waals surface area (Å²) in [6.45, 7) is -0.141. The van der Waals surface area contributed by atoms with Gasteiger partial charge >= 0.3 is 0 Å². The predicted octanol–water partition coefficient (Wildman–Crippen LogP) is 0.488. The highest BCUT2D eigenvalue weighted by Gasteiger charge is 2.16. The lowest BCUT2D eigenvalue weighted by atomic mass is 10.3.